The summed E-state index contributed by atoms with van der Waals surface area (Å²) in [4.78, 5) is 25.9. The first-order chi connectivity index (χ1) is 15.5. The molecule has 3 aromatic rings. The Labute approximate surface area is 188 Å². The van der Waals surface area contributed by atoms with Crippen molar-refractivity contribution in [3.8, 4) is 0 Å². The van der Waals surface area contributed by atoms with Crippen molar-refractivity contribution in [2.75, 3.05) is 11.9 Å². The molecule has 166 valence electrons. The lowest BCUT2D eigenvalue weighted by Gasteiger charge is -2.37. The molecule has 2 N–H and O–H groups in total. The first-order valence-corrected chi connectivity index (χ1v) is 10.6. The SMILES string of the molecule is CCOC(=O)[C@](C)(NC(=O)OCc1ccccc1)[C@H](Nc1ccccc1)c1ccccc1. The molecule has 3 rings (SSSR count). The maximum atomic E-state index is 13.1. The van der Waals surface area contributed by atoms with Crippen LogP contribution in [0.25, 0.3) is 0 Å². The quantitative estimate of drug-likeness (QED) is 0.461. The van der Waals surface area contributed by atoms with Crippen LogP contribution in [-0.2, 0) is 20.9 Å². The summed E-state index contributed by atoms with van der Waals surface area (Å²) < 4.78 is 10.8. The van der Waals surface area contributed by atoms with Crippen LogP contribution in [0.4, 0.5) is 10.5 Å². The first kappa shape index (κ1) is 22.9. The first-order valence-electron chi connectivity index (χ1n) is 10.6. The maximum absolute atomic E-state index is 13.1. The lowest BCUT2D eigenvalue weighted by atomic mass is 9.86. The van der Waals surface area contributed by atoms with Crippen LogP contribution in [0.15, 0.2) is 91.0 Å². The largest absolute Gasteiger partial charge is 0.464 e. The number of rotatable bonds is 9. The standard InChI is InChI=1S/C26H28N2O4/c1-3-31-24(29)26(2,28-25(30)32-19-20-13-7-4-8-14-20)23(21-15-9-5-10-16-21)27-22-17-11-6-12-18-22/h4-18,23,27H,3,19H2,1-2H3,(H,28,30)/t23-,26-/m1/s1. The van der Waals surface area contributed by atoms with Crippen molar-refractivity contribution in [2.45, 2.75) is 32.0 Å². The molecule has 0 aliphatic heterocycles. The molecule has 32 heavy (non-hydrogen) atoms. The van der Waals surface area contributed by atoms with E-state index in [0.29, 0.717) is 0 Å². The minimum atomic E-state index is -1.44. The summed E-state index contributed by atoms with van der Waals surface area (Å²) in [5.74, 6) is -0.561. The zero-order valence-corrected chi connectivity index (χ0v) is 18.3. The van der Waals surface area contributed by atoms with Crippen LogP contribution in [0.3, 0.4) is 0 Å². The zero-order chi connectivity index (χ0) is 22.8. The number of ether oxygens (including phenoxy) is 2. The third-order valence-electron chi connectivity index (χ3n) is 5.07. The van der Waals surface area contributed by atoms with Crippen molar-refractivity contribution < 1.29 is 19.1 Å². The van der Waals surface area contributed by atoms with Crippen LogP contribution in [0, 0.1) is 0 Å². The predicted molar refractivity (Wildman–Crippen MR) is 124 cm³/mol. The maximum Gasteiger partial charge on any atom is 0.408 e. The average molecular weight is 433 g/mol. The fourth-order valence-corrected chi connectivity index (χ4v) is 3.40. The van der Waals surface area contributed by atoms with Gasteiger partial charge in [-0.05, 0) is 37.1 Å². The number of carbonyl (C=O) groups is 2. The molecule has 0 bridgehead atoms. The van der Waals surface area contributed by atoms with Crippen LogP contribution in [0.1, 0.15) is 31.0 Å². The average Bonchev–Trinajstić information content (AvgIpc) is 2.83. The van der Waals surface area contributed by atoms with Crippen molar-refractivity contribution in [3.63, 3.8) is 0 Å². The second-order valence-corrected chi connectivity index (χ2v) is 7.46. The van der Waals surface area contributed by atoms with Gasteiger partial charge in [-0.25, -0.2) is 9.59 Å². The van der Waals surface area contributed by atoms with Crippen molar-refractivity contribution in [1.82, 2.24) is 5.32 Å². The van der Waals surface area contributed by atoms with E-state index in [-0.39, 0.29) is 13.2 Å². The fraction of sp³-hybridized carbons (Fsp3) is 0.231. The van der Waals surface area contributed by atoms with Crippen LogP contribution in [0.5, 0.6) is 0 Å². The highest BCUT2D eigenvalue weighted by molar-refractivity contribution is 5.87. The van der Waals surface area contributed by atoms with E-state index >= 15 is 0 Å². The van der Waals surface area contributed by atoms with Gasteiger partial charge in [0.1, 0.15) is 6.61 Å². The highest BCUT2D eigenvalue weighted by Gasteiger charge is 2.45. The van der Waals surface area contributed by atoms with E-state index in [9.17, 15) is 9.59 Å². The molecule has 0 aliphatic carbocycles. The number of hydrogen-bond donors (Lipinski definition) is 2. The molecule has 6 heteroatoms. The summed E-state index contributed by atoms with van der Waals surface area (Å²) in [7, 11) is 0. The van der Waals surface area contributed by atoms with Gasteiger partial charge in [-0.3, -0.25) is 0 Å². The summed E-state index contributed by atoms with van der Waals surface area (Å²) in [6, 6.07) is 27.7. The van der Waals surface area contributed by atoms with E-state index in [0.717, 1.165) is 16.8 Å². The molecule has 0 spiro atoms. The Kier molecular flexibility index (Phi) is 7.86. The summed E-state index contributed by atoms with van der Waals surface area (Å²) in [6.45, 7) is 3.65. The number of alkyl carbamates (subject to hydrolysis) is 1. The molecule has 0 radical (unpaired) electrons. The number of hydrogen-bond acceptors (Lipinski definition) is 5. The van der Waals surface area contributed by atoms with Gasteiger partial charge in [0.15, 0.2) is 5.54 Å². The van der Waals surface area contributed by atoms with Gasteiger partial charge < -0.3 is 20.1 Å². The Morgan fingerprint density at radius 3 is 2.00 bits per heavy atom. The van der Waals surface area contributed by atoms with Crippen LogP contribution >= 0.6 is 0 Å². The molecule has 0 aliphatic rings. The van der Waals surface area contributed by atoms with Gasteiger partial charge in [0.25, 0.3) is 0 Å². The minimum Gasteiger partial charge on any atom is -0.464 e. The molecule has 0 heterocycles. The lowest BCUT2D eigenvalue weighted by Crippen LogP contribution is -2.58. The topological polar surface area (TPSA) is 76.7 Å². The molecule has 2 atom stereocenters. The Balaban J connectivity index is 1.89. The highest BCUT2D eigenvalue weighted by atomic mass is 16.6. The number of anilines is 1. The molecule has 0 saturated carbocycles. The second-order valence-electron chi connectivity index (χ2n) is 7.46. The zero-order valence-electron chi connectivity index (χ0n) is 18.3. The second kappa shape index (κ2) is 11.0. The molecular formula is C26H28N2O4. The highest BCUT2D eigenvalue weighted by Crippen LogP contribution is 2.31. The van der Waals surface area contributed by atoms with E-state index in [1.54, 1.807) is 13.8 Å². The van der Waals surface area contributed by atoms with Gasteiger partial charge in [-0.15, -0.1) is 0 Å². The van der Waals surface area contributed by atoms with Crippen molar-refractivity contribution in [2.24, 2.45) is 0 Å². The van der Waals surface area contributed by atoms with E-state index in [1.165, 1.54) is 0 Å². The Morgan fingerprint density at radius 1 is 0.844 bits per heavy atom. The van der Waals surface area contributed by atoms with Gasteiger partial charge in [0.05, 0.1) is 12.6 Å². The summed E-state index contributed by atoms with van der Waals surface area (Å²) in [5, 5.41) is 6.15. The molecule has 0 aromatic heterocycles. The summed E-state index contributed by atoms with van der Waals surface area (Å²) in [6.07, 6.45) is -0.708. The minimum absolute atomic E-state index is 0.0910. The Hall–Kier alpha value is -3.80. The fourth-order valence-electron chi connectivity index (χ4n) is 3.40. The van der Waals surface area contributed by atoms with Gasteiger partial charge in [0.2, 0.25) is 0 Å². The smallest absolute Gasteiger partial charge is 0.408 e. The van der Waals surface area contributed by atoms with E-state index in [4.69, 9.17) is 9.47 Å². The van der Waals surface area contributed by atoms with E-state index < -0.39 is 23.6 Å². The number of benzene rings is 3. The number of esters is 1. The Morgan fingerprint density at radius 2 is 1.41 bits per heavy atom. The van der Waals surface area contributed by atoms with Gasteiger partial charge in [-0.2, -0.15) is 0 Å². The summed E-state index contributed by atoms with van der Waals surface area (Å²) >= 11 is 0. The van der Waals surface area contributed by atoms with Crippen LogP contribution in [-0.4, -0.2) is 24.2 Å². The molecule has 0 fully saturated rings. The van der Waals surface area contributed by atoms with E-state index in [1.807, 2.05) is 91.0 Å². The van der Waals surface area contributed by atoms with E-state index in [2.05, 4.69) is 10.6 Å². The summed E-state index contributed by atoms with van der Waals surface area (Å²) in [5.41, 5.74) is 1.02. The van der Waals surface area contributed by atoms with Gasteiger partial charge in [-0.1, -0.05) is 78.9 Å². The predicted octanol–water partition coefficient (Wildman–Crippen LogP) is 5.09. The third-order valence-corrected chi connectivity index (χ3v) is 5.07. The van der Waals surface area contributed by atoms with Gasteiger partial charge >= 0.3 is 12.1 Å². The van der Waals surface area contributed by atoms with Crippen molar-refractivity contribution >= 4 is 17.7 Å². The van der Waals surface area contributed by atoms with Crippen molar-refractivity contribution in [1.29, 1.82) is 0 Å². The van der Waals surface area contributed by atoms with Crippen molar-refractivity contribution in [3.05, 3.63) is 102 Å². The third kappa shape index (κ3) is 5.88. The molecule has 0 saturated heterocycles. The van der Waals surface area contributed by atoms with Crippen LogP contribution < -0.4 is 10.6 Å². The molecule has 3 aromatic carbocycles. The van der Waals surface area contributed by atoms with Crippen LogP contribution in [0.2, 0.25) is 0 Å². The lowest BCUT2D eigenvalue weighted by molar-refractivity contribution is -0.151. The molecule has 0 unspecified atom stereocenters. The number of para-hydroxylation sites is 1. The normalized spacial score (nSPS) is 13.3. The van der Waals surface area contributed by atoms with Gasteiger partial charge in [0, 0.05) is 5.69 Å². The monoisotopic (exact) mass is 432 g/mol. The Bertz CT molecular complexity index is 996. The molecule has 1 amide bonds. The number of amides is 1. The number of carbonyl (C=O) groups excluding carboxylic acids is 2. The number of nitrogens with one attached hydrogen (secondary N) is 2. The molecular weight excluding hydrogens is 404 g/mol. The molecule has 6 nitrogen and oxygen atoms in total.